The number of hydrogen-bond donors (Lipinski definition) is 3. The Morgan fingerprint density at radius 2 is 2.14 bits per heavy atom. The van der Waals surface area contributed by atoms with Gasteiger partial charge in [-0.1, -0.05) is 11.6 Å². The van der Waals surface area contributed by atoms with E-state index < -0.39 is 12.1 Å². The highest BCUT2D eigenvalue weighted by molar-refractivity contribution is 5.91. The van der Waals surface area contributed by atoms with Gasteiger partial charge in [-0.25, -0.2) is 4.79 Å². The molecule has 1 aromatic rings. The Morgan fingerprint density at radius 3 is 2.86 bits per heavy atom. The van der Waals surface area contributed by atoms with Crippen molar-refractivity contribution in [1.82, 2.24) is 0 Å². The number of cyclic esters (lactones) is 1. The minimum Gasteiger partial charge on any atom is -0.508 e. The molecule has 0 saturated heterocycles. The lowest BCUT2D eigenvalue weighted by Crippen LogP contribution is -2.02. The fourth-order valence-electron chi connectivity index (χ4n) is 2.12. The molecule has 1 heterocycles. The molecule has 0 fully saturated rings. The van der Waals surface area contributed by atoms with Gasteiger partial charge in [0.15, 0.2) is 0 Å². The zero-order valence-electron chi connectivity index (χ0n) is 11.7. The van der Waals surface area contributed by atoms with Crippen LogP contribution in [-0.4, -0.2) is 27.9 Å². The molecule has 3 N–H and O–H groups in total. The SMILES string of the molecule is CC(=CCCC1=C[C@H](c2cc(O)ccc2O)OC1=O)CO. The summed E-state index contributed by atoms with van der Waals surface area (Å²) in [5.74, 6) is -0.445. The van der Waals surface area contributed by atoms with Crippen molar-refractivity contribution in [3.8, 4) is 11.5 Å². The standard InChI is InChI=1S/C16H18O5/c1-10(9-17)3-2-4-11-7-15(21-16(11)20)13-8-12(18)5-6-14(13)19/h3,5-8,15,17-19H,2,4,9H2,1H3/t15-/m1/s1. The lowest BCUT2D eigenvalue weighted by Gasteiger charge is -2.10. The van der Waals surface area contributed by atoms with E-state index in [1.165, 1.54) is 18.2 Å². The molecular weight excluding hydrogens is 272 g/mol. The fraction of sp³-hybridized carbons (Fsp3) is 0.312. The number of phenolic OH excluding ortho intramolecular Hbond substituents is 2. The Bertz CT molecular complexity index is 601. The zero-order chi connectivity index (χ0) is 15.4. The van der Waals surface area contributed by atoms with Crippen molar-refractivity contribution in [3.05, 3.63) is 47.1 Å². The summed E-state index contributed by atoms with van der Waals surface area (Å²) in [5, 5.41) is 28.1. The van der Waals surface area contributed by atoms with Crippen LogP contribution < -0.4 is 0 Å². The van der Waals surface area contributed by atoms with Gasteiger partial charge in [0.2, 0.25) is 0 Å². The normalized spacial score (nSPS) is 18.6. The maximum Gasteiger partial charge on any atom is 0.334 e. The first-order chi connectivity index (χ1) is 10.0. The number of hydrogen-bond acceptors (Lipinski definition) is 5. The number of esters is 1. The molecule has 0 saturated carbocycles. The number of benzene rings is 1. The average Bonchev–Trinajstić information content (AvgIpc) is 2.82. The van der Waals surface area contributed by atoms with Gasteiger partial charge in [-0.2, -0.15) is 0 Å². The van der Waals surface area contributed by atoms with Gasteiger partial charge in [0.1, 0.15) is 17.6 Å². The summed E-state index contributed by atoms with van der Waals surface area (Å²) in [5.41, 5.74) is 1.74. The van der Waals surface area contributed by atoms with Gasteiger partial charge < -0.3 is 20.1 Å². The van der Waals surface area contributed by atoms with Crippen LogP contribution in [0.25, 0.3) is 0 Å². The molecule has 0 radical (unpaired) electrons. The third-order valence-corrected chi connectivity index (χ3v) is 3.32. The number of aliphatic hydroxyl groups excluding tert-OH is 1. The van der Waals surface area contributed by atoms with Crippen LogP contribution in [0.3, 0.4) is 0 Å². The second-order valence-corrected chi connectivity index (χ2v) is 5.01. The Hall–Kier alpha value is -2.27. The highest BCUT2D eigenvalue weighted by atomic mass is 16.5. The molecule has 1 aromatic carbocycles. The van der Waals surface area contributed by atoms with E-state index in [-0.39, 0.29) is 18.1 Å². The predicted molar refractivity (Wildman–Crippen MR) is 76.8 cm³/mol. The van der Waals surface area contributed by atoms with Crippen molar-refractivity contribution >= 4 is 5.97 Å². The van der Waals surface area contributed by atoms with Crippen molar-refractivity contribution in [2.45, 2.75) is 25.9 Å². The van der Waals surface area contributed by atoms with E-state index in [9.17, 15) is 15.0 Å². The van der Waals surface area contributed by atoms with E-state index >= 15 is 0 Å². The Morgan fingerprint density at radius 1 is 1.38 bits per heavy atom. The molecule has 0 aliphatic carbocycles. The first-order valence-corrected chi connectivity index (χ1v) is 6.71. The van der Waals surface area contributed by atoms with Crippen molar-refractivity contribution in [3.63, 3.8) is 0 Å². The second-order valence-electron chi connectivity index (χ2n) is 5.01. The Kier molecular flexibility index (Phi) is 4.65. The molecule has 0 aromatic heterocycles. The van der Waals surface area contributed by atoms with Crippen LogP contribution in [0.15, 0.2) is 41.5 Å². The van der Waals surface area contributed by atoms with Crippen molar-refractivity contribution in [2.24, 2.45) is 0 Å². The summed E-state index contributed by atoms with van der Waals surface area (Å²) in [6.45, 7) is 1.82. The molecule has 5 heteroatoms. The molecule has 0 bridgehead atoms. The smallest absolute Gasteiger partial charge is 0.334 e. The summed E-state index contributed by atoms with van der Waals surface area (Å²) in [6.07, 6.45) is 3.98. The second kappa shape index (κ2) is 6.45. The molecule has 0 spiro atoms. The summed E-state index contributed by atoms with van der Waals surface area (Å²) >= 11 is 0. The largest absolute Gasteiger partial charge is 0.508 e. The van der Waals surface area contributed by atoms with Gasteiger partial charge in [-0.05, 0) is 44.0 Å². The van der Waals surface area contributed by atoms with Crippen LogP contribution in [0.5, 0.6) is 11.5 Å². The van der Waals surface area contributed by atoms with Gasteiger partial charge in [0.25, 0.3) is 0 Å². The predicted octanol–water partition coefficient (Wildman–Crippen LogP) is 2.34. The molecule has 112 valence electrons. The van der Waals surface area contributed by atoms with Crippen LogP contribution in [0.4, 0.5) is 0 Å². The molecule has 5 nitrogen and oxygen atoms in total. The lowest BCUT2D eigenvalue weighted by molar-refractivity contribution is -0.140. The first-order valence-electron chi connectivity index (χ1n) is 6.71. The monoisotopic (exact) mass is 290 g/mol. The van der Waals surface area contributed by atoms with Crippen LogP contribution in [-0.2, 0) is 9.53 Å². The fourth-order valence-corrected chi connectivity index (χ4v) is 2.12. The Labute approximate surface area is 122 Å². The number of rotatable bonds is 5. The van der Waals surface area contributed by atoms with E-state index in [2.05, 4.69) is 0 Å². The Balaban J connectivity index is 2.11. The molecule has 0 amide bonds. The number of allylic oxidation sites excluding steroid dienone is 1. The lowest BCUT2D eigenvalue weighted by atomic mass is 10.0. The maximum absolute atomic E-state index is 11.8. The summed E-state index contributed by atoms with van der Waals surface area (Å²) < 4.78 is 5.21. The van der Waals surface area contributed by atoms with E-state index in [0.717, 1.165) is 5.57 Å². The minimum atomic E-state index is -0.678. The molecule has 2 rings (SSSR count). The summed E-state index contributed by atoms with van der Waals surface area (Å²) in [4.78, 5) is 11.8. The van der Waals surface area contributed by atoms with Gasteiger partial charge in [0, 0.05) is 11.1 Å². The van der Waals surface area contributed by atoms with Crippen LogP contribution in [0.2, 0.25) is 0 Å². The molecule has 1 atom stereocenters. The number of carbonyl (C=O) groups excluding carboxylic acids is 1. The molecule has 1 aliphatic heterocycles. The molecule has 1 aliphatic rings. The zero-order valence-corrected chi connectivity index (χ0v) is 11.7. The topological polar surface area (TPSA) is 87.0 Å². The molecule has 21 heavy (non-hydrogen) atoms. The maximum atomic E-state index is 11.8. The van der Waals surface area contributed by atoms with Gasteiger partial charge in [0.05, 0.1) is 6.61 Å². The quantitative estimate of drug-likeness (QED) is 0.440. The number of carbonyl (C=O) groups is 1. The molecule has 0 unspecified atom stereocenters. The third-order valence-electron chi connectivity index (χ3n) is 3.32. The number of ether oxygens (including phenoxy) is 1. The summed E-state index contributed by atoms with van der Waals surface area (Å²) in [6, 6.07) is 4.10. The number of aliphatic hydroxyl groups is 1. The van der Waals surface area contributed by atoms with Gasteiger partial charge in [-0.15, -0.1) is 0 Å². The van der Waals surface area contributed by atoms with Crippen LogP contribution in [0.1, 0.15) is 31.4 Å². The van der Waals surface area contributed by atoms with E-state index in [1.807, 2.05) is 13.0 Å². The van der Waals surface area contributed by atoms with E-state index in [1.54, 1.807) is 6.08 Å². The van der Waals surface area contributed by atoms with Crippen molar-refractivity contribution < 1.29 is 24.9 Å². The third kappa shape index (κ3) is 3.64. The van der Waals surface area contributed by atoms with E-state index in [0.29, 0.717) is 24.0 Å². The van der Waals surface area contributed by atoms with Crippen molar-refractivity contribution in [2.75, 3.05) is 6.61 Å². The van der Waals surface area contributed by atoms with Gasteiger partial charge >= 0.3 is 5.97 Å². The summed E-state index contributed by atoms with van der Waals surface area (Å²) in [7, 11) is 0. The number of phenols is 2. The average molecular weight is 290 g/mol. The van der Waals surface area contributed by atoms with Gasteiger partial charge in [-0.3, -0.25) is 0 Å². The van der Waals surface area contributed by atoms with Crippen molar-refractivity contribution in [1.29, 1.82) is 0 Å². The first kappa shape index (κ1) is 15.1. The van der Waals surface area contributed by atoms with E-state index in [4.69, 9.17) is 9.84 Å². The van der Waals surface area contributed by atoms with Crippen LogP contribution >= 0.6 is 0 Å². The molecular formula is C16H18O5. The van der Waals surface area contributed by atoms with Crippen LogP contribution in [0, 0.1) is 0 Å². The minimum absolute atomic E-state index is 0.00204. The highest BCUT2D eigenvalue weighted by Gasteiger charge is 2.28. The number of aromatic hydroxyl groups is 2. The highest BCUT2D eigenvalue weighted by Crippen LogP contribution is 2.36.